The molecule has 0 radical (unpaired) electrons. The lowest BCUT2D eigenvalue weighted by atomic mass is 10.0. The molecule has 1 atom stereocenters. The lowest BCUT2D eigenvalue weighted by molar-refractivity contribution is 0.762. The summed E-state index contributed by atoms with van der Waals surface area (Å²) in [7, 11) is 0. The summed E-state index contributed by atoms with van der Waals surface area (Å²) in [6.07, 6.45) is 2.36. The van der Waals surface area contributed by atoms with Gasteiger partial charge in [0.15, 0.2) is 0 Å². The average Bonchev–Trinajstić information content (AvgIpc) is 2.69. The highest BCUT2D eigenvalue weighted by Gasteiger charge is 2.16. The van der Waals surface area contributed by atoms with Crippen LogP contribution < -0.4 is 10.6 Å². The second-order valence-electron chi connectivity index (χ2n) is 5.79. The van der Waals surface area contributed by atoms with Gasteiger partial charge < -0.3 is 10.6 Å². The van der Waals surface area contributed by atoms with Crippen LogP contribution in [0.15, 0.2) is 46.9 Å². The molecule has 0 amide bonds. The van der Waals surface area contributed by atoms with E-state index in [1.807, 2.05) is 6.92 Å². The third-order valence-electron chi connectivity index (χ3n) is 4.19. The summed E-state index contributed by atoms with van der Waals surface area (Å²) in [6.45, 7) is 4.08. The Hall–Kier alpha value is -1.32. The molecule has 0 unspecified atom stereocenters. The predicted octanol–water partition coefficient (Wildman–Crippen LogP) is 4.42. The molecule has 0 saturated heterocycles. The fourth-order valence-electron chi connectivity index (χ4n) is 2.97. The predicted molar refractivity (Wildman–Crippen MR) is 92.6 cm³/mol. The zero-order valence-corrected chi connectivity index (χ0v) is 13.9. The SMILES string of the molecule is C[C@H](N)c1ccc(N2CCCc3ccccc3C2)c(Br)c1. The van der Waals surface area contributed by atoms with Gasteiger partial charge in [-0.15, -0.1) is 0 Å². The van der Waals surface area contributed by atoms with E-state index in [-0.39, 0.29) is 6.04 Å². The van der Waals surface area contributed by atoms with Crippen molar-refractivity contribution < 1.29 is 0 Å². The number of hydrogen-bond acceptors (Lipinski definition) is 2. The van der Waals surface area contributed by atoms with E-state index in [1.165, 1.54) is 35.2 Å². The van der Waals surface area contributed by atoms with Crippen LogP contribution in [0.2, 0.25) is 0 Å². The van der Waals surface area contributed by atoms with Gasteiger partial charge in [-0.05, 0) is 64.5 Å². The number of benzene rings is 2. The molecular formula is C18H21BrN2. The van der Waals surface area contributed by atoms with Crippen LogP contribution in [0, 0.1) is 0 Å². The molecule has 2 aromatic rings. The first-order valence-corrected chi connectivity index (χ1v) is 8.31. The second-order valence-corrected chi connectivity index (χ2v) is 6.65. The van der Waals surface area contributed by atoms with Gasteiger partial charge in [-0.1, -0.05) is 30.3 Å². The minimum atomic E-state index is 0.0696. The molecule has 21 heavy (non-hydrogen) atoms. The molecule has 3 rings (SSSR count). The van der Waals surface area contributed by atoms with Crippen molar-refractivity contribution in [3.63, 3.8) is 0 Å². The molecule has 1 aliphatic heterocycles. The van der Waals surface area contributed by atoms with E-state index in [2.05, 4.69) is 63.3 Å². The highest BCUT2D eigenvalue weighted by Crippen LogP contribution is 2.32. The van der Waals surface area contributed by atoms with Gasteiger partial charge in [-0.2, -0.15) is 0 Å². The molecule has 0 saturated carbocycles. The number of halogens is 1. The number of fused-ring (bicyclic) bond motifs is 1. The smallest absolute Gasteiger partial charge is 0.0513 e. The molecule has 0 aromatic heterocycles. The number of nitrogens with zero attached hydrogens (tertiary/aromatic N) is 1. The quantitative estimate of drug-likeness (QED) is 0.873. The van der Waals surface area contributed by atoms with Gasteiger partial charge in [-0.3, -0.25) is 0 Å². The summed E-state index contributed by atoms with van der Waals surface area (Å²) < 4.78 is 1.14. The van der Waals surface area contributed by atoms with Gasteiger partial charge in [0.1, 0.15) is 0 Å². The van der Waals surface area contributed by atoms with Crippen LogP contribution in [-0.4, -0.2) is 6.54 Å². The highest BCUT2D eigenvalue weighted by molar-refractivity contribution is 9.10. The van der Waals surface area contributed by atoms with E-state index in [0.29, 0.717) is 0 Å². The Bertz CT molecular complexity index is 637. The molecule has 3 heteroatoms. The number of rotatable bonds is 2. The minimum absolute atomic E-state index is 0.0696. The molecule has 110 valence electrons. The van der Waals surface area contributed by atoms with E-state index >= 15 is 0 Å². The molecule has 1 aliphatic rings. The minimum Gasteiger partial charge on any atom is -0.366 e. The van der Waals surface area contributed by atoms with Crippen molar-refractivity contribution in [3.8, 4) is 0 Å². The Morgan fingerprint density at radius 2 is 1.90 bits per heavy atom. The second kappa shape index (κ2) is 6.20. The Kier molecular flexibility index (Phi) is 4.32. The Balaban J connectivity index is 1.91. The van der Waals surface area contributed by atoms with Crippen LogP contribution in [0.5, 0.6) is 0 Å². The number of anilines is 1. The van der Waals surface area contributed by atoms with Crippen molar-refractivity contribution in [2.75, 3.05) is 11.4 Å². The van der Waals surface area contributed by atoms with Gasteiger partial charge in [0, 0.05) is 23.6 Å². The van der Waals surface area contributed by atoms with Crippen molar-refractivity contribution in [3.05, 3.63) is 63.6 Å². The molecule has 0 spiro atoms. The van der Waals surface area contributed by atoms with Crippen molar-refractivity contribution in [1.82, 2.24) is 0 Å². The molecule has 0 bridgehead atoms. The first-order chi connectivity index (χ1) is 10.1. The normalized spacial score (nSPS) is 16.2. The molecule has 0 fully saturated rings. The van der Waals surface area contributed by atoms with Gasteiger partial charge in [0.2, 0.25) is 0 Å². The maximum absolute atomic E-state index is 5.96. The molecule has 2 N–H and O–H groups in total. The van der Waals surface area contributed by atoms with E-state index in [1.54, 1.807) is 0 Å². The van der Waals surface area contributed by atoms with Crippen LogP contribution in [-0.2, 0) is 13.0 Å². The van der Waals surface area contributed by atoms with Gasteiger partial charge in [0.25, 0.3) is 0 Å². The van der Waals surface area contributed by atoms with Crippen LogP contribution in [0.3, 0.4) is 0 Å². The van der Waals surface area contributed by atoms with Crippen molar-refractivity contribution in [2.45, 2.75) is 32.4 Å². The lowest BCUT2D eigenvalue weighted by Gasteiger charge is -2.25. The Labute approximate surface area is 135 Å². The summed E-state index contributed by atoms with van der Waals surface area (Å²) in [6, 6.07) is 15.3. The largest absolute Gasteiger partial charge is 0.366 e. The van der Waals surface area contributed by atoms with E-state index < -0.39 is 0 Å². The summed E-state index contributed by atoms with van der Waals surface area (Å²) >= 11 is 3.72. The van der Waals surface area contributed by atoms with Crippen molar-refractivity contribution >= 4 is 21.6 Å². The summed E-state index contributed by atoms with van der Waals surface area (Å²) in [5.74, 6) is 0. The van der Waals surface area contributed by atoms with Crippen LogP contribution in [0.25, 0.3) is 0 Å². The summed E-state index contributed by atoms with van der Waals surface area (Å²) in [5.41, 5.74) is 11.3. The van der Waals surface area contributed by atoms with Gasteiger partial charge in [-0.25, -0.2) is 0 Å². The van der Waals surface area contributed by atoms with Crippen LogP contribution in [0.1, 0.15) is 36.1 Å². The summed E-state index contributed by atoms with van der Waals surface area (Å²) in [4.78, 5) is 2.46. The topological polar surface area (TPSA) is 29.3 Å². The number of nitrogens with two attached hydrogens (primary N) is 1. The third-order valence-corrected chi connectivity index (χ3v) is 4.83. The first kappa shape index (κ1) is 14.6. The van der Waals surface area contributed by atoms with Crippen molar-refractivity contribution in [2.24, 2.45) is 5.73 Å². The molecule has 2 aromatic carbocycles. The van der Waals surface area contributed by atoms with Gasteiger partial charge >= 0.3 is 0 Å². The first-order valence-electron chi connectivity index (χ1n) is 7.52. The fraction of sp³-hybridized carbons (Fsp3) is 0.333. The molecule has 0 aliphatic carbocycles. The van der Waals surface area contributed by atoms with Gasteiger partial charge in [0.05, 0.1) is 5.69 Å². The van der Waals surface area contributed by atoms with Crippen LogP contribution >= 0.6 is 15.9 Å². The third kappa shape index (κ3) is 3.14. The maximum Gasteiger partial charge on any atom is 0.0513 e. The van der Waals surface area contributed by atoms with E-state index in [9.17, 15) is 0 Å². The number of hydrogen-bond donors (Lipinski definition) is 1. The zero-order chi connectivity index (χ0) is 14.8. The maximum atomic E-state index is 5.96. The molecule has 1 heterocycles. The Morgan fingerprint density at radius 1 is 1.14 bits per heavy atom. The average molecular weight is 345 g/mol. The monoisotopic (exact) mass is 344 g/mol. The zero-order valence-electron chi connectivity index (χ0n) is 12.3. The molecule has 2 nitrogen and oxygen atoms in total. The standard InChI is InChI=1S/C18H21BrN2/c1-13(20)15-8-9-18(17(19)11-15)21-10-4-7-14-5-2-3-6-16(14)12-21/h2-3,5-6,8-9,11,13H,4,7,10,12,20H2,1H3/t13-/m0/s1. The lowest BCUT2D eigenvalue weighted by Crippen LogP contribution is -2.23. The summed E-state index contributed by atoms with van der Waals surface area (Å²) in [5, 5.41) is 0. The molecular weight excluding hydrogens is 324 g/mol. The number of aryl methyl sites for hydroxylation is 1. The highest BCUT2D eigenvalue weighted by atomic mass is 79.9. The van der Waals surface area contributed by atoms with Crippen molar-refractivity contribution in [1.29, 1.82) is 0 Å². The fourth-order valence-corrected chi connectivity index (χ4v) is 3.62. The van der Waals surface area contributed by atoms with E-state index in [4.69, 9.17) is 5.73 Å². The Morgan fingerprint density at radius 3 is 2.62 bits per heavy atom. The van der Waals surface area contributed by atoms with E-state index in [0.717, 1.165) is 17.6 Å². The van der Waals surface area contributed by atoms with Crippen LogP contribution in [0.4, 0.5) is 5.69 Å².